The van der Waals surface area contributed by atoms with Gasteiger partial charge in [-0.25, -0.2) is 0 Å². The van der Waals surface area contributed by atoms with Crippen LogP contribution in [0, 0.1) is 11.3 Å². The Labute approximate surface area is 124 Å². The molecule has 1 unspecified atom stereocenters. The van der Waals surface area contributed by atoms with Crippen LogP contribution in [-0.4, -0.2) is 41.0 Å². The highest BCUT2D eigenvalue weighted by atomic mass is 16.5. The van der Waals surface area contributed by atoms with E-state index < -0.39 is 12.1 Å². The van der Waals surface area contributed by atoms with Crippen LogP contribution in [0.15, 0.2) is 0 Å². The number of nitrogens with one attached hydrogen (secondary N) is 1. The van der Waals surface area contributed by atoms with Gasteiger partial charge in [0.1, 0.15) is 11.6 Å². The van der Waals surface area contributed by atoms with Crippen LogP contribution < -0.4 is 5.32 Å². The van der Waals surface area contributed by atoms with Crippen LogP contribution in [-0.2, 0) is 22.4 Å². The number of aryl methyl sites for hydroxylation is 1. The van der Waals surface area contributed by atoms with Gasteiger partial charge in [0, 0.05) is 13.7 Å². The molecule has 7 nitrogen and oxygen atoms in total. The van der Waals surface area contributed by atoms with Crippen molar-refractivity contribution in [1.82, 2.24) is 10.2 Å². The number of aliphatic carboxylic acids is 1. The molecular weight excluding hydrogens is 272 g/mol. The monoisotopic (exact) mass is 292 g/mol. The summed E-state index contributed by atoms with van der Waals surface area (Å²) in [6, 6.07) is 2.15. The molecule has 0 saturated carbocycles. The minimum absolute atomic E-state index is 0.119. The van der Waals surface area contributed by atoms with Gasteiger partial charge in [-0.05, 0) is 18.4 Å². The molecule has 0 fully saturated rings. The van der Waals surface area contributed by atoms with E-state index in [1.807, 2.05) is 13.8 Å². The second-order valence-corrected chi connectivity index (χ2v) is 4.50. The average Bonchev–Trinajstić information content (AvgIpc) is 2.49. The number of aromatic nitrogens is 2. The number of carboxylic acid groups (broad SMARTS) is 1. The van der Waals surface area contributed by atoms with E-state index in [1.165, 1.54) is 7.11 Å². The van der Waals surface area contributed by atoms with Gasteiger partial charge in [-0.1, -0.05) is 13.8 Å². The molecule has 114 valence electrons. The molecule has 1 aromatic rings. The van der Waals surface area contributed by atoms with Gasteiger partial charge in [0.25, 0.3) is 0 Å². The van der Waals surface area contributed by atoms with E-state index in [0.717, 1.165) is 11.3 Å². The van der Waals surface area contributed by atoms with Crippen LogP contribution in [0.4, 0.5) is 5.82 Å². The van der Waals surface area contributed by atoms with E-state index in [9.17, 15) is 10.1 Å². The number of carbonyl (C=O) groups is 1. The number of nitrogens with zero attached hydrogens (tertiary/aromatic N) is 3. The van der Waals surface area contributed by atoms with Crippen LogP contribution in [0.3, 0.4) is 0 Å². The third-order valence-electron chi connectivity index (χ3n) is 3.19. The topological polar surface area (TPSA) is 108 Å². The molecule has 1 heterocycles. The Hall–Kier alpha value is -2.20. The molecule has 0 aliphatic rings. The van der Waals surface area contributed by atoms with Crippen molar-refractivity contribution in [3.8, 4) is 6.07 Å². The van der Waals surface area contributed by atoms with E-state index in [1.54, 1.807) is 0 Å². The minimum atomic E-state index is -0.939. The summed E-state index contributed by atoms with van der Waals surface area (Å²) >= 11 is 0. The van der Waals surface area contributed by atoms with Gasteiger partial charge in [0.2, 0.25) is 0 Å². The lowest BCUT2D eigenvalue weighted by Gasteiger charge is -2.16. The quantitative estimate of drug-likeness (QED) is 0.745. The maximum atomic E-state index is 10.7. The molecule has 0 saturated heterocycles. The van der Waals surface area contributed by atoms with Crippen LogP contribution in [0.1, 0.15) is 37.1 Å². The molecule has 0 aliphatic heterocycles. The van der Waals surface area contributed by atoms with E-state index in [4.69, 9.17) is 9.84 Å². The fourth-order valence-electron chi connectivity index (χ4n) is 2.06. The summed E-state index contributed by atoms with van der Waals surface area (Å²) in [5, 5.41) is 29.2. The molecule has 0 aromatic carbocycles. The zero-order chi connectivity index (χ0) is 15.8. The molecule has 0 spiro atoms. The molecule has 0 bridgehead atoms. The molecule has 0 aliphatic carbocycles. The van der Waals surface area contributed by atoms with Crippen molar-refractivity contribution < 1.29 is 14.6 Å². The zero-order valence-corrected chi connectivity index (χ0v) is 12.5. The van der Waals surface area contributed by atoms with Gasteiger partial charge in [0.05, 0.1) is 18.2 Å². The summed E-state index contributed by atoms with van der Waals surface area (Å²) in [5.41, 5.74) is 2.16. The Bertz CT molecular complexity index is 540. The summed E-state index contributed by atoms with van der Waals surface area (Å²) in [5.74, 6) is -0.565. The Morgan fingerprint density at radius 3 is 2.62 bits per heavy atom. The van der Waals surface area contributed by atoms with Gasteiger partial charge in [-0.2, -0.15) is 10.4 Å². The molecule has 1 atom stereocenters. The van der Waals surface area contributed by atoms with Gasteiger partial charge in [-0.15, -0.1) is 5.10 Å². The van der Waals surface area contributed by atoms with Crippen molar-refractivity contribution >= 4 is 11.8 Å². The average molecular weight is 292 g/mol. The second kappa shape index (κ2) is 8.17. The third kappa shape index (κ3) is 4.39. The molecular formula is C14H20N4O3. The first-order valence-electron chi connectivity index (χ1n) is 6.84. The first-order chi connectivity index (χ1) is 10.1. The van der Waals surface area contributed by atoms with E-state index in [-0.39, 0.29) is 13.0 Å². The number of methoxy groups -OCH3 is 1. The van der Waals surface area contributed by atoms with Gasteiger partial charge in [0.15, 0.2) is 5.82 Å². The fourth-order valence-corrected chi connectivity index (χ4v) is 2.06. The lowest BCUT2D eigenvalue weighted by atomic mass is 10.0. The first-order valence-corrected chi connectivity index (χ1v) is 6.84. The Morgan fingerprint density at radius 1 is 1.43 bits per heavy atom. The molecule has 1 rings (SSSR count). The lowest BCUT2D eigenvalue weighted by Crippen LogP contribution is -2.26. The lowest BCUT2D eigenvalue weighted by molar-refractivity contribution is -0.139. The number of anilines is 1. The highest BCUT2D eigenvalue weighted by molar-refractivity contribution is 5.67. The van der Waals surface area contributed by atoms with Crippen molar-refractivity contribution in [3.05, 3.63) is 16.8 Å². The van der Waals surface area contributed by atoms with Crippen molar-refractivity contribution in [2.24, 2.45) is 0 Å². The van der Waals surface area contributed by atoms with Crippen LogP contribution in [0.25, 0.3) is 0 Å². The maximum absolute atomic E-state index is 10.7. The van der Waals surface area contributed by atoms with E-state index in [2.05, 4.69) is 21.6 Å². The number of hydrogen-bond acceptors (Lipinski definition) is 6. The standard InChI is InChI=1S/C14H20N4O3/c1-4-10-11(7-15)14(18-17-12(10)5-2)16-8-9(21-3)6-13(19)20/h9H,4-6,8H2,1-3H3,(H,16,18)(H,19,20). The largest absolute Gasteiger partial charge is 0.481 e. The van der Waals surface area contributed by atoms with Crippen LogP contribution in [0.2, 0.25) is 0 Å². The number of nitriles is 1. The van der Waals surface area contributed by atoms with Gasteiger partial charge in [-0.3, -0.25) is 4.79 Å². The third-order valence-corrected chi connectivity index (χ3v) is 3.19. The van der Waals surface area contributed by atoms with Crippen LogP contribution >= 0.6 is 0 Å². The fraction of sp³-hybridized carbons (Fsp3) is 0.571. The van der Waals surface area contributed by atoms with Crippen molar-refractivity contribution in [2.75, 3.05) is 19.0 Å². The van der Waals surface area contributed by atoms with Crippen molar-refractivity contribution in [2.45, 2.75) is 39.2 Å². The highest BCUT2D eigenvalue weighted by Gasteiger charge is 2.17. The van der Waals surface area contributed by atoms with Crippen LogP contribution in [0.5, 0.6) is 0 Å². The summed E-state index contributed by atoms with van der Waals surface area (Å²) in [6.45, 7) is 4.18. The Morgan fingerprint density at radius 2 is 2.14 bits per heavy atom. The second-order valence-electron chi connectivity index (χ2n) is 4.50. The molecule has 0 amide bonds. The normalized spacial score (nSPS) is 11.7. The summed E-state index contributed by atoms with van der Waals surface area (Å²) < 4.78 is 5.08. The highest BCUT2D eigenvalue weighted by Crippen LogP contribution is 2.20. The Kier molecular flexibility index (Phi) is 6.56. The SMILES string of the molecule is CCc1nnc(NCC(CC(=O)O)OC)c(C#N)c1CC. The summed E-state index contributed by atoms with van der Waals surface area (Å²) in [7, 11) is 1.45. The van der Waals surface area contributed by atoms with Gasteiger partial charge >= 0.3 is 5.97 Å². The smallest absolute Gasteiger partial charge is 0.306 e. The number of rotatable bonds is 8. The first kappa shape index (κ1) is 16.9. The molecule has 0 radical (unpaired) electrons. The summed E-state index contributed by atoms with van der Waals surface area (Å²) in [6.07, 6.45) is 0.794. The van der Waals surface area contributed by atoms with E-state index >= 15 is 0 Å². The van der Waals surface area contributed by atoms with Crippen molar-refractivity contribution in [3.63, 3.8) is 0 Å². The Balaban J connectivity index is 2.93. The number of hydrogen-bond donors (Lipinski definition) is 2. The molecule has 2 N–H and O–H groups in total. The predicted molar refractivity (Wildman–Crippen MR) is 77.0 cm³/mol. The van der Waals surface area contributed by atoms with Crippen molar-refractivity contribution in [1.29, 1.82) is 5.26 Å². The zero-order valence-electron chi connectivity index (χ0n) is 12.5. The summed E-state index contributed by atoms with van der Waals surface area (Å²) in [4.78, 5) is 10.7. The molecule has 21 heavy (non-hydrogen) atoms. The van der Waals surface area contributed by atoms with Gasteiger partial charge < -0.3 is 15.2 Å². The van der Waals surface area contributed by atoms with E-state index in [0.29, 0.717) is 24.2 Å². The molecule has 7 heteroatoms. The minimum Gasteiger partial charge on any atom is -0.481 e. The number of ether oxygens (including phenoxy) is 1. The molecule has 1 aromatic heterocycles. The number of carboxylic acids is 1. The predicted octanol–water partition coefficient (Wildman–Crippen LogP) is 1.37. The maximum Gasteiger partial charge on any atom is 0.306 e.